The molecule has 0 saturated carbocycles. The van der Waals surface area contributed by atoms with Crippen molar-refractivity contribution in [3.05, 3.63) is 52.9 Å². The third-order valence-electron chi connectivity index (χ3n) is 2.73. The predicted molar refractivity (Wildman–Crippen MR) is 75.8 cm³/mol. The molecular formula is C14H12FNO5S. The number of halogens is 1. The number of aromatic nitrogens is 1. The Bertz CT molecular complexity index is 656. The molecule has 2 rings (SSSR count). The van der Waals surface area contributed by atoms with Crippen LogP contribution in [0.4, 0.5) is 4.53 Å². The normalized spacial score (nSPS) is 10.5. The zero-order valence-electron chi connectivity index (χ0n) is 11.6. The predicted octanol–water partition coefficient (Wildman–Crippen LogP) is 2.94. The molecule has 2 aromatic rings. The molecule has 1 aromatic carbocycles. The number of carbonyl (C=O) groups excluding carboxylic acids is 2. The monoisotopic (exact) mass is 325 g/mol. The minimum absolute atomic E-state index is 0.00130. The van der Waals surface area contributed by atoms with Crippen LogP contribution in [0, 0.1) is 0 Å². The second-order valence-electron chi connectivity index (χ2n) is 4.22. The van der Waals surface area contributed by atoms with E-state index in [2.05, 4.69) is 10.1 Å². The van der Waals surface area contributed by atoms with Gasteiger partial charge in [-0.15, -0.1) is 0 Å². The van der Waals surface area contributed by atoms with Gasteiger partial charge in [-0.1, -0.05) is 41.2 Å². The number of thioether (sulfide) groups is 1. The summed E-state index contributed by atoms with van der Waals surface area (Å²) in [5.41, 5.74) is 1.24. The molecule has 116 valence electrons. The van der Waals surface area contributed by atoms with E-state index in [1.807, 2.05) is 0 Å². The van der Waals surface area contributed by atoms with Gasteiger partial charge in [0, 0.05) is 16.2 Å². The number of carbonyl (C=O) groups is 2. The Balaban J connectivity index is 1.84. The van der Waals surface area contributed by atoms with Crippen molar-refractivity contribution >= 4 is 22.8 Å². The Labute approximate surface area is 129 Å². The first-order chi connectivity index (χ1) is 10.6. The molecule has 0 spiro atoms. The maximum atomic E-state index is 11.7. The fourth-order valence-corrected chi connectivity index (χ4v) is 2.01. The summed E-state index contributed by atoms with van der Waals surface area (Å²) in [5, 5.41) is 3.34. The topological polar surface area (TPSA) is 78.6 Å². The van der Waals surface area contributed by atoms with Gasteiger partial charge in [-0.05, 0) is 11.8 Å². The highest BCUT2D eigenvalue weighted by Crippen LogP contribution is 2.13. The molecule has 1 heterocycles. The molecule has 0 fully saturated rings. The van der Waals surface area contributed by atoms with Gasteiger partial charge < -0.3 is 9.26 Å². The maximum Gasteiger partial charge on any atom is 0.401 e. The summed E-state index contributed by atoms with van der Waals surface area (Å²) in [7, 11) is 0. The van der Waals surface area contributed by atoms with E-state index in [-0.39, 0.29) is 29.8 Å². The first-order valence-corrected chi connectivity index (χ1v) is 7.40. The van der Waals surface area contributed by atoms with Gasteiger partial charge in [0.25, 0.3) is 0 Å². The Morgan fingerprint density at radius 2 is 2.00 bits per heavy atom. The fraction of sp³-hybridized carbons (Fsp3) is 0.214. The van der Waals surface area contributed by atoms with E-state index >= 15 is 0 Å². The molecule has 0 saturated heterocycles. The van der Waals surface area contributed by atoms with Crippen LogP contribution < -0.4 is 0 Å². The quantitative estimate of drug-likeness (QED) is 0.808. The van der Waals surface area contributed by atoms with Crippen molar-refractivity contribution in [3.8, 4) is 0 Å². The Kier molecular flexibility index (Phi) is 5.68. The molecule has 1 aromatic heterocycles. The highest BCUT2D eigenvalue weighted by Gasteiger charge is 2.14. The smallest absolute Gasteiger partial charge is 0.369 e. The highest BCUT2D eigenvalue weighted by atomic mass is 32.2. The van der Waals surface area contributed by atoms with Crippen molar-refractivity contribution in [1.82, 2.24) is 5.16 Å². The third kappa shape index (κ3) is 4.15. The number of ether oxygens (including phenoxy) is 1. The minimum atomic E-state index is -1.22. The van der Waals surface area contributed by atoms with Crippen LogP contribution in [0.2, 0.25) is 0 Å². The minimum Gasteiger partial charge on any atom is -0.369 e. The van der Waals surface area contributed by atoms with Crippen molar-refractivity contribution in [2.24, 2.45) is 0 Å². The van der Waals surface area contributed by atoms with Gasteiger partial charge in [0.1, 0.15) is 6.61 Å². The summed E-state index contributed by atoms with van der Waals surface area (Å²) in [6.07, 6.45) is 1.73. The lowest BCUT2D eigenvalue weighted by Crippen LogP contribution is -1.98. The van der Waals surface area contributed by atoms with Crippen LogP contribution in [0.5, 0.6) is 0 Å². The molecule has 0 amide bonds. The van der Waals surface area contributed by atoms with Crippen molar-refractivity contribution < 1.29 is 28.3 Å². The Morgan fingerprint density at radius 3 is 2.64 bits per heavy atom. The molecule has 0 aliphatic carbocycles. The van der Waals surface area contributed by atoms with Crippen molar-refractivity contribution in [2.75, 3.05) is 6.26 Å². The molecule has 0 bridgehead atoms. The summed E-state index contributed by atoms with van der Waals surface area (Å²) in [6.45, 7) is 0.357. The van der Waals surface area contributed by atoms with Crippen LogP contribution in [-0.4, -0.2) is 22.5 Å². The molecule has 22 heavy (non-hydrogen) atoms. The third-order valence-corrected chi connectivity index (χ3v) is 3.33. The molecule has 6 nitrogen and oxygen atoms in total. The summed E-state index contributed by atoms with van der Waals surface area (Å²) in [5.74, 6) is -0.946. The van der Waals surface area contributed by atoms with Crippen LogP contribution in [0.3, 0.4) is 0 Å². The van der Waals surface area contributed by atoms with Gasteiger partial charge in [-0.3, -0.25) is 4.79 Å². The largest absolute Gasteiger partial charge is 0.401 e. The van der Waals surface area contributed by atoms with Crippen LogP contribution in [0.25, 0.3) is 0 Å². The van der Waals surface area contributed by atoms with E-state index < -0.39 is 5.97 Å². The van der Waals surface area contributed by atoms with Gasteiger partial charge in [0.2, 0.25) is 5.12 Å². The molecule has 0 aliphatic heterocycles. The number of benzene rings is 1. The van der Waals surface area contributed by atoms with E-state index in [4.69, 9.17) is 9.26 Å². The second kappa shape index (κ2) is 7.71. The summed E-state index contributed by atoms with van der Waals surface area (Å²) in [4.78, 5) is 25.3. The average Bonchev–Trinajstić information content (AvgIpc) is 3.03. The molecular weight excluding hydrogens is 313 g/mol. The van der Waals surface area contributed by atoms with E-state index in [1.165, 1.54) is 6.07 Å². The SMILES string of the molecule is CSC(=O)c1ccc(COCc2cc(C(=O)OF)no2)cc1. The number of hydrogen-bond acceptors (Lipinski definition) is 7. The molecule has 8 heteroatoms. The highest BCUT2D eigenvalue weighted by molar-refractivity contribution is 8.13. The summed E-state index contributed by atoms with van der Waals surface area (Å²) >= 11 is 1.15. The van der Waals surface area contributed by atoms with Crippen LogP contribution in [-0.2, 0) is 22.9 Å². The van der Waals surface area contributed by atoms with Crippen LogP contribution in [0.15, 0.2) is 34.9 Å². The van der Waals surface area contributed by atoms with Gasteiger partial charge in [-0.25, -0.2) is 9.74 Å². The maximum absolute atomic E-state index is 11.7. The number of rotatable bonds is 6. The van der Waals surface area contributed by atoms with E-state index in [1.54, 1.807) is 30.5 Å². The average molecular weight is 325 g/mol. The lowest BCUT2D eigenvalue weighted by atomic mass is 10.1. The van der Waals surface area contributed by atoms with E-state index in [0.29, 0.717) is 5.56 Å². The second-order valence-corrected chi connectivity index (χ2v) is 5.00. The van der Waals surface area contributed by atoms with Crippen molar-refractivity contribution in [3.63, 3.8) is 0 Å². The zero-order valence-corrected chi connectivity index (χ0v) is 12.4. The fourth-order valence-electron chi connectivity index (χ4n) is 1.64. The Morgan fingerprint density at radius 1 is 1.27 bits per heavy atom. The Hall–Kier alpha value is -2.19. The first-order valence-electron chi connectivity index (χ1n) is 6.17. The number of hydrogen-bond donors (Lipinski definition) is 0. The van der Waals surface area contributed by atoms with E-state index in [9.17, 15) is 14.1 Å². The molecule has 0 unspecified atom stereocenters. The van der Waals surface area contributed by atoms with Crippen LogP contribution >= 0.6 is 11.8 Å². The molecule has 0 atom stereocenters. The van der Waals surface area contributed by atoms with E-state index in [0.717, 1.165) is 17.3 Å². The molecule has 0 aliphatic rings. The van der Waals surface area contributed by atoms with Gasteiger partial charge >= 0.3 is 5.97 Å². The first kappa shape index (κ1) is 16.2. The van der Waals surface area contributed by atoms with Crippen molar-refractivity contribution in [1.29, 1.82) is 0 Å². The van der Waals surface area contributed by atoms with Crippen molar-refractivity contribution in [2.45, 2.75) is 13.2 Å². The zero-order chi connectivity index (χ0) is 15.9. The van der Waals surface area contributed by atoms with Gasteiger partial charge in [0.15, 0.2) is 11.5 Å². The lowest BCUT2D eigenvalue weighted by Gasteiger charge is -2.03. The number of nitrogens with zero attached hydrogens (tertiary/aromatic N) is 1. The summed E-state index contributed by atoms with van der Waals surface area (Å²) < 4.78 is 21.9. The standard InChI is InChI=1S/C14H12FNO5S/c1-22-14(18)10-4-2-9(3-5-10)7-19-8-11-6-12(16-21-11)13(17)20-15/h2-6H,7-8H2,1H3. The molecule has 0 radical (unpaired) electrons. The van der Waals surface area contributed by atoms with Crippen LogP contribution in [0.1, 0.15) is 32.2 Å². The summed E-state index contributed by atoms with van der Waals surface area (Å²) in [6, 6.07) is 8.26. The van der Waals surface area contributed by atoms with Gasteiger partial charge in [-0.2, -0.15) is 0 Å². The van der Waals surface area contributed by atoms with Gasteiger partial charge in [0.05, 0.1) is 6.61 Å². The molecule has 0 N–H and O–H groups in total. The lowest BCUT2D eigenvalue weighted by molar-refractivity contribution is -0.0795.